The third-order valence-electron chi connectivity index (χ3n) is 2.58. The number of hydrogen-bond acceptors (Lipinski definition) is 3. The van der Waals surface area contributed by atoms with Gasteiger partial charge < -0.3 is 16.2 Å². The van der Waals surface area contributed by atoms with E-state index in [2.05, 4.69) is 5.32 Å². The summed E-state index contributed by atoms with van der Waals surface area (Å²) in [5.74, 6) is -1.66. The van der Waals surface area contributed by atoms with E-state index in [-0.39, 0.29) is 6.42 Å². The topological polar surface area (TPSA) is 92.4 Å². The van der Waals surface area contributed by atoms with Crippen LogP contribution < -0.4 is 11.1 Å². The number of primary amides is 1. The fraction of sp³-hybridized carbons (Fsp3) is 0.385. The molecule has 1 amide bonds. The van der Waals surface area contributed by atoms with Gasteiger partial charge in [-0.1, -0.05) is 30.3 Å². The zero-order chi connectivity index (χ0) is 13.4. The number of carboxylic acids is 1. The Hall–Kier alpha value is -1.88. The Morgan fingerprint density at radius 3 is 2.50 bits per heavy atom. The van der Waals surface area contributed by atoms with Crippen molar-refractivity contribution < 1.29 is 14.7 Å². The zero-order valence-corrected chi connectivity index (χ0v) is 10.1. The lowest BCUT2D eigenvalue weighted by Crippen LogP contribution is -2.40. The molecule has 0 spiro atoms. The molecule has 0 saturated heterocycles. The van der Waals surface area contributed by atoms with Crippen molar-refractivity contribution in [2.75, 3.05) is 6.54 Å². The Bertz CT molecular complexity index is 392. The Morgan fingerprint density at radius 1 is 1.28 bits per heavy atom. The number of nitrogens with one attached hydrogen (secondary N) is 1. The van der Waals surface area contributed by atoms with Gasteiger partial charge in [-0.25, -0.2) is 0 Å². The molecule has 0 unspecified atom stereocenters. The molecule has 0 aliphatic rings. The SMILES string of the molecule is NC(=O)C[C@H](NCCCc1ccccc1)C(=O)O. The summed E-state index contributed by atoms with van der Waals surface area (Å²) >= 11 is 0. The van der Waals surface area contributed by atoms with E-state index in [0.29, 0.717) is 6.54 Å². The average molecular weight is 250 g/mol. The maximum Gasteiger partial charge on any atom is 0.321 e. The van der Waals surface area contributed by atoms with Crippen LogP contribution in [0.3, 0.4) is 0 Å². The molecule has 0 radical (unpaired) electrons. The number of nitrogens with two attached hydrogens (primary N) is 1. The second kappa shape index (κ2) is 7.45. The number of amides is 1. The van der Waals surface area contributed by atoms with E-state index in [0.717, 1.165) is 12.8 Å². The minimum absolute atomic E-state index is 0.180. The predicted octanol–water partition coefficient (Wildman–Crippen LogP) is 0.537. The van der Waals surface area contributed by atoms with Crippen LogP contribution in [-0.4, -0.2) is 29.6 Å². The van der Waals surface area contributed by atoms with Crippen LogP contribution in [0.15, 0.2) is 30.3 Å². The Balaban J connectivity index is 2.27. The van der Waals surface area contributed by atoms with Gasteiger partial charge in [-0.2, -0.15) is 0 Å². The van der Waals surface area contributed by atoms with Crippen molar-refractivity contribution in [2.45, 2.75) is 25.3 Å². The molecule has 1 atom stereocenters. The van der Waals surface area contributed by atoms with Crippen molar-refractivity contribution in [1.82, 2.24) is 5.32 Å². The number of carbonyl (C=O) groups excluding carboxylic acids is 1. The molecule has 98 valence electrons. The number of benzene rings is 1. The first-order chi connectivity index (χ1) is 8.59. The highest BCUT2D eigenvalue weighted by atomic mass is 16.4. The smallest absolute Gasteiger partial charge is 0.321 e. The second-order valence-electron chi connectivity index (χ2n) is 4.10. The molecule has 18 heavy (non-hydrogen) atoms. The van der Waals surface area contributed by atoms with E-state index in [9.17, 15) is 9.59 Å². The third kappa shape index (κ3) is 5.45. The summed E-state index contributed by atoms with van der Waals surface area (Å²) in [5, 5.41) is 11.7. The first kappa shape index (κ1) is 14.2. The van der Waals surface area contributed by atoms with Crippen LogP contribution in [0, 0.1) is 0 Å². The normalized spacial score (nSPS) is 12.0. The van der Waals surface area contributed by atoms with Crippen LogP contribution in [0.4, 0.5) is 0 Å². The van der Waals surface area contributed by atoms with Crippen LogP contribution in [-0.2, 0) is 16.0 Å². The van der Waals surface area contributed by atoms with Gasteiger partial charge in [0.15, 0.2) is 0 Å². The molecule has 5 nitrogen and oxygen atoms in total. The lowest BCUT2D eigenvalue weighted by Gasteiger charge is -2.12. The van der Waals surface area contributed by atoms with E-state index in [1.807, 2.05) is 30.3 Å². The van der Waals surface area contributed by atoms with Crippen molar-refractivity contribution >= 4 is 11.9 Å². The van der Waals surface area contributed by atoms with Gasteiger partial charge in [0.2, 0.25) is 5.91 Å². The van der Waals surface area contributed by atoms with Gasteiger partial charge in [-0.15, -0.1) is 0 Å². The fourth-order valence-corrected chi connectivity index (χ4v) is 1.66. The van der Waals surface area contributed by atoms with Crippen molar-refractivity contribution in [2.24, 2.45) is 5.73 Å². The lowest BCUT2D eigenvalue weighted by atomic mass is 10.1. The summed E-state index contributed by atoms with van der Waals surface area (Å²) in [6.07, 6.45) is 1.50. The maximum absolute atomic E-state index is 10.8. The van der Waals surface area contributed by atoms with Crippen molar-refractivity contribution in [1.29, 1.82) is 0 Å². The highest BCUT2D eigenvalue weighted by Crippen LogP contribution is 2.02. The Morgan fingerprint density at radius 2 is 1.94 bits per heavy atom. The molecule has 1 aromatic rings. The van der Waals surface area contributed by atoms with Gasteiger partial charge in [0.25, 0.3) is 0 Å². The first-order valence-electron chi connectivity index (χ1n) is 5.88. The molecule has 1 rings (SSSR count). The molecule has 0 bridgehead atoms. The standard InChI is InChI=1S/C13H18N2O3/c14-12(16)9-11(13(17)18)15-8-4-7-10-5-2-1-3-6-10/h1-3,5-6,11,15H,4,7-9H2,(H2,14,16)(H,17,18)/t11-/m0/s1. The van der Waals surface area contributed by atoms with Crippen LogP contribution >= 0.6 is 0 Å². The number of aryl methyl sites for hydroxylation is 1. The molecule has 5 heteroatoms. The third-order valence-corrected chi connectivity index (χ3v) is 2.58. The molecule has 0 saturated carbocycles. The largest absolute Gasteiger partial charge is 0.480 e. The van der Waals surface area contributed by atoms with Crippen LogP contribution in [0.2, 0.25) is 0 Å². The quantitative estimate of drug-likeness (QED) is 0.587. The summed E-state index contributed by atoms with van der Waals surface area (Å²) in [6.45, 7) is 0.541. The molecule has 0 fully saturated rings. The molecule has 0 aliphatic carbocycles. The average Bonchev–Trinajstić information content (AvgIpc) is 2.33. The molecular formula is C13H18N2O3. The summed E-state index contributed by atoms with van der Waals surface area (Å²) in [5.41, 5.74) is 6.19. The van der Waals surface area contributed by atoms with E-state index in [1.54, 1.807) is 0 Å². The number of carboxylic acid groups (broad SMARTS) is 1. The fourth-order valence-electron chi connectivity index (χ4n) is 1.66. The maximum atomic E-state index is 10.8. The Labute approximate surface area is 106 Å². The van der Waals surface area contributed by atoms with Gasteiger partial charge in [0.05, 0.1) is 6.42 Å². The number of rotatable bonds is 8. The van der Waals surface area contributed by atoms with Gasteiger partial charge >= 0.3 is 5.97 Å². The molecule has 0 aliphatic heterocycles. The van der Waals surface area contributed by atoms with Crippen LogP contribution in [0.25, 0.3) is 0 Å². The molecule has 4 N–H and O–H groups in total. The summed E-state index contributed by atoms with van der Waals surface area (Å²) in [6, 6.07) is 9.05. The van der Waals surface area contributed by atoms with Gasteiger partial charge in [0, 0.05) is 0 Å². The molecule has 0 heterocycles. The second-order valence-corrected chi connectivity index (χ2v) is 4.10. The Kier molecular flexibility index (Phi) is 5.87. The molecular weight excluding hydrogens is 232 g/mol. The number of aliphatic carboxylic acids is 1. The van der Waals surface area contributed by atoms with Crippen molar-refractivity contribution in [3.8, 4) is 0 Å². The van der Waals surface area contributed by atoms with E-state index >= 15 is 0 Å². The van der Waals surface area contributed by atoms with Gasteiger partial charge in [-0.05, 0) is 24.9 Å². The van der Waals surface area contributed by atoms with Crippen LogP contribution in [0.1, 0.15) is 18.4 Å². The summed E-state index contributed by atoms with van der Waals surface area (Å²) in [4.78, 5) is 21.5. The minimum Gasteiger partial charge on any atom is -0.480 e. The van der Waals surface area contributed by atoms with Gasteiger partial charge in [0.1, 0.15) is 6.04 Å². The monoisotopic (exact) mass is 250 g/mol. The summed E-state index contributed by atoms with van der Waals surface area (Å²) < 4.78 is 0. The van der Waals surface area contributed by atoms with Crippen molar-refractivity contribution in [3.05, 3.63) is 35.9 Å². The highest BCUT2D eigenvalue weighted by Gasteiger charge is 2.18. The van der Waals surface area contributed by atoms with E-state index in [4.69, 9.17) is 10.8 Å². The van der Waals surface area contributed by atoms with E-state index < -0.39 is 17.9 Å². The first-order valence-corrected chi connectivity index (χ1v) is 5.88. The van der Waals surface area contributed by atoms with Crippen molar-refractivity contribution in [3.63, 3.8) is 0 Å². The number of carbonyl (C=O) groups is 2. The van der Waals surface area contributed by atoms with E-state index in [1.165, 1.54) is 5.56 Å². The van der Waals surface area contributed by atoms with Crippen LogP contribution in [0.5, 0.6) is 0 Å². The minimum atomic E-state index is -1.05. The summed E-state index contributed by atoms with van der Waals surface area (Å²) in [7, 11) is 0. The predicted molar refractivity (Wildman–Crippen MR) is 68.0 cm³/mol. The molecule has 1 aromatic carbocycles. The lowest BCUT2D eigenvalue weighted by molar-refractivity contribution is -0.141. The number of hydrogen-bond donors (Lipinski definition) is 3. The zero-order valence-electron chi connectivity index (χ0n) is 10.1. The van der Waals surface area contributed by atoms with Gasteiger partial charge in [-0.3, -0.25) is 9.59 Å². The highest BCUT2D eigenvalue weighted by molar-refractivity contribution is 5.83. The molecule has 0 aromatic heterocycles.